The largest absolute Gasteiger partial charge is 0.468 e. The molecule has 9 heteroatoms. The van der Waals surface area contributed by atoms with Gasteiger partial charge in [-0.2, -0.15) is 4.98 Å². The molecule has 1 aliphatic carbocycles. The van der Waals surface area contributed by atoms with Gasteiger partial charge in [0.05, 0.1) is 18.9 Å². The number of hydrogen-bond donors (Lipinski definition) is 1. The van der Waals surface area contributed by atoms with Crippen molar-refractivity contribution >= 4 is 23.7 Å². The monoisotopic (exact) mass is 597 g/mol. The lowest BCUT2D eigenvalue weighted by atomic mass is 9.81. The summed E-state index contributed by atoms with van der Waals surface area (Å²) in [5.41, 5.74) is 4.24. The number of nitrogens with one attached hydrogen (secondary N) is 1. The summed E-state index contributed by atoms with van der Waals surface area (Å²) in [7, 11) is 0. The number of carbonyl (C=O) groups excluding carboxylic acids is 2. The Balaban J connectivity index is 1.03. The van der Waals surface area contributed by atoms with Crippen LogP contribution in [0.5, 0.6) is 5.75 Å². The highest BCUT2D eigenvalue weighted by molar-refractivity contribution is 5.81. The van der Waals surface area contributed by atoms with Crippen LogP contribution in [0.25, 0.3) is 17.5 Å². The van der Waals surface area contributed by atoms with Crippen LogP contribution in [-0.2, 0) is 31.9 Å². The molecule has 0 saturated heterocycles. The van der Waals surface area contributed by atoms with E-state index in [1.165, 1.54) is 11.6 Å². The normalized spacial score (nSPS) is 19.0. The fourth-order valence-electron chi connectivity index (χ4n) is 5.55. The number of hydrogen-bond acceptors (Lipinski definition) is 9. The highest BCUT2D eigenvalue weighted by atomic mass is 16.5. The first-order valence-electron chi connectivity index (χ1n) is 15.3. The number of benzene rings is 2. The standard InChI is InChI=1S/C35H39N3O6/c1-3-32(39)41-21-5-7-26-15-20-30-29(23-26)36-34(43-30)27-16-11-24(12-17-27)9-10-25-13-18-28(19-14-25)35-37-31(38-44-35)8-6-22-42-33(40)4-2/h3-4,9-10,13-15,18-20,23-24,27,34,36H,1-2,5-8,11-12,16-17,21-22H2/b10-9+. The number of fused-ring (bicyclic) bond motifs is 1. The molecule has 1 saturated carbocycles. The fourth-order valence-corrected chi connectivity index (χ4v) is 5.55. The molecule has 0 bridgehead atoms. The van der Waals surface area contributed by atoms with Crippen LogP contribution >= 0.6 is 0 Å². The van der Waals surface area contributed by atoms with E-state index in [0.717, 1.165) is 67.2 Å². The molecule has 44 heavy (non-hydrogen) atoms. The molecule has 5 rings (SSSR count). The molecule has 1 atom stereocenters. The molecule has 2 heterocycles. The number of allylic oxidation sites excluding steroid dienone is 1. The molecule has 1 aliphatic heterocycles. The Morgan fingerprint density at radius 3 is 2.34 bits per heavy atom. The van der Waals surface area contributed by atoms with Crippen LogP contribution in [0.2, 0.25) is 0 Å². The Hall–Kier alpha value is -4.66. The van der Waals surface area contributed by atoms with E-state index in [4.69, 9.17) is 18.7 Å². The summed E-state index contributed by atoms with van der Waals surface area (Å²) >= 11 is 0. The van der Waals surface area contributed by atoms with Gasteiger partial charge in [0.25, 0.3) is 5.89 Å². The number of ether oxygens (including phenoxy) is 3. The average molecular weight is 598 g/mol. The quantitative estimate of drug-likeness (QED) is 0.123. The summed E-state index contributed by atoms with van der Waals surface area (Å²) < 4.78 is 21.7. The number of nitrogens with zero attached hydrogens (tertiary/aromatic N) is 2. The minimum absolute atomic E-state index is 0.00581. The number of esters is 2. The van der Waals surface area contributed by atoms with Gasteiger partial charge in [-0.1, -0.05) is 48.7 Å². The predicted octanol–water partition coefficient (Wildman–Crippen LogP) is 6.71. The number of aryl methyl sites for hydroxylation is 2. The Kier molecular flexibility index (Phi) is 10.6. The number of aromatic nitrogens is 2. The molecule has 1 fully saturated rings. The predicted molar refractivity (Wildman–Crippen MR) is 168 cm³/mol. The maximum atomic E-state index is 11.2. The molecular weight excluding hydrogens is 558 g/mol. The first kappa shape index (κ1) is 30.8. The third-order valence-electron chi connectivity index (χ3n) is 8.00. The van der Waals surface area contributed by atoms with Crippen molar-refractivity contribution in [3.05, 3.63) is 90.8 Å². The Morgan fingerprint density at radius 2 is 1.64 bits per heavy atom. The van der Waals surface area contributed by atoms with E-state index in [0.29, 0.717) is 43.0 Å². The van der Waals surface area contributed by atoms with Gasteiger partial charge in [0.15, 0.2) is 12.1 Å². The van der Waals surface area contributed by atoms with Crippen molar-refractivity contribution in [1.29, 1.82) is 0 Å². The second kappa shape index (κ2) is 15.2. The zero-order valence-electron chi connectivity index (χ0n) is 24.9. The van der Waals surface area contributed by atoms with Gasteiger partial charge >= 0.3 is 11.9 Å². The molecule has 0 spiro atoms. The molecule has 230 valence electrons. The van der Waals surface area contributed by atoms with Crippen LogP contribution < -0.4 is 10.1 Å². The minimum atomic E-state index is -0.433. The van der Waals surface area contributed by atoms with E-state index in [1.807, 2.05) is 18.2 Å². The van der Waals surface area contributed by atoms with Crippen LogP contribution in [0.4, 0.5) is 5.69 Å². The van der Waals surface area contributed by atoms with Gasteiger partial charge in [-0.05, 0) is 86.3 Å². The Bertz CT molecular complexity index is 1470. The number of carbonyl (C=O) groups is 2. The Morgan fingerprint density at radius 1 is 0.932 bits per heavy atom. The van der Waals surface area contributed by atoms with Gasteiger partial charge in [-0.25, -0.2) is 9.59 Å². The third-order valence-corrected chi connectivity index (χ3v) is 8.00. The van der Waals surface area contributed by atoms with Crippen molar-refractivity contribution < 1.29 is 28.3 Å². The molecule has 9 nitrogen and oxygen atoms in total. The second-order valence-electron chi connectivity index (χ2n) is 11.1. The van der Waals surface area contributed by atoms with Crippen molar-refractivity contribution in [3.8, 4) is 17.2 Å². The molecule has 2 aromatic carbocycles. The highest BCUT2D eigenvalue weighted by Crippen LogP contribution is 2.40. The summed E-state index contributed by atoms with van der Waals surface area (Å²) in [5, 5.41) is 7.63. The maximum Gasteiger partial charge on any atom is 0.330 e. The lowest BCUT2D eigenvalue weighted by molar-refractivity contribution is -0.138. The van der Waals surface area contributed by atoms with Crippen molar-refractivity contribution in [2.45, 2.75) is 57.6 Å². The molecule has 1 N–H and O–H groups in total. The summed E-state index contributed by atoms with van der Waals surface area (Å²) in [6.07, 6.45) is 14.1. The van der Waals surface area contributed by atoms with Gasteiger partial charge in [-0.3, -0.25) is 0 Å². The topological polar surface area (TPSA) is 113 Å². The molecule has 3 aromatic rings. The van der Waals surface area contributed by atoms with Crippen LogP contribution in [0.15, 0.2) is 78.4 Å². The van der Waals surface area contributed by atoms with Crippen LogP contribution in [0.1, 0.15) is 55.5 Å². The van der Waals surface area contributed by atoms with Crippen molar-refractivity contribution in [2.24, 2.45) is 11.8 Å². The van der Waals surface area contributed by atoms with Crippen LogP contribution in [0, 0.1) is 11.8 Å². The summed E-state index contributed by atoms with van der Waals surface area (Å²) in [4.78, 5) is 26.8. The van der Waals surface area contributed by atoms with Gasteiger partial charge in [0.2, 0.25) is 0 Å². The van der Waals surface area contributed by atoms with E-state index in [9.17, 15) is 9.59 Å². The third kappa shape index (κ3) is 8.46. The zero-order chi connectivity index (χ0) is 30.7. The van der Waals surface area contributed by atoms with E-state index in [1.54, 1.807) is 0 Å². The van der Waals surface area contributed by atoms with E-state index in [2.05, 4.69) is 65.0 Å². The van der Waals surface area contributed by atoms with Gasteiger partial charge in [0.1, 0.15) is 5.75 Å². The molecule has 0 radical (unpaired) electrons. The maximum absolute atomic E-state index is 11.2. The van der Waals surface area contributed by atoms with Gasteiger partial charge in [0, 0.05) is 30.1 Å². The molecular formula is C35H39N3O6. The van der Waals surface area contributed by atoms with Gasteiger partial charge < -0.3 is 24.1 Å². The lowest BCUT2D eigenvalue weighted by Gasteiger charge is -2.30. The van der Waals surface area contributed by atoms with Crippen LogP contribution in [-0.4, -0.2) is 41.5 Å². The SMILES string of the molecule is C=CC(=O)OCCCc1ccc2c(c1)NC(C1CCC(/C=C/c3ccc(-c4nc(CCCOC(=O)C=C)no4)cc3)CC1)O2. The molecule has 1 aromatic heterocycles. The lowest BCUT2D eigenvalue weighted by Crippen LogP contribution is -2.33. The van der Waals surface area contributed by atoms with E-state index >= 15 is 0 Å². The summed E-state index contributed by atoms with van der Waals surface area (Å²) in [6, 6.07) is 14.4. The van der Waals surface area contributed by atoms with Crippen molar-refractivity contribution in [1.82, 2.24) is 10.1 Å². The number of rotatable bonds is 14. The minimum Gasteiger partial charge on any atom is -0.468 e. The van der Waals surface area contributed by atoms with Crippen molar-refractivity contribution in [2.75, 3.05) is 18.5 Å². The molecule has 1 unspecified atom stereocenters. The smallest absolute Gasteiger partial charge is 0.330 e. The summed E-state index contributed by atoms with van der Waals surface area (Å²) in [5.74, 6) is 2.16. The first-order valence-corrected chi connectivity index (χ1v) is 15.3. The van der Waals surface area contributed by atoms with Crippen molar-refractivity contribution in [3.63, 3.8) is 0 Å². The zero-order valence-corrected chi connectivity index (χ0v) is 24.9. The first-order chi connectivity index (χ1) is 21.5. The highest BCUT2D eigenvalue weighted by Gasteiger charge is 2.32. The Labute approximate surface area is 258 Å². The summed E-state index contributed by atoms with van der Waals surface area (Å²) in [6.45, 7) is 7.47. The average Bonchev–Trinajstić information content (AvgIpc) is 3.71. The van der Waals surface area contributed by atoms with Crippen LogP contribution in [0.3, 0.4) is 0 Å². The second-order valence-corrected chi connectivity index (χ2v) is 11.1. The van der Waals surface area contributed by atoms with E-state index < -0.39 is 5.97 Å². The fraction of sp³-hybridized carbons (Fsp3) is 0.371. The number of anilines is 1. The van der Waals surface area contributed by atoms with Gasteiger partial charge in [-0.15, -0.1) is 0 Å². The molecule has 0 amide bonds. The van der Waals surface area contributed by atoms with E-state index in [-0.39, 0.29) is 18.8 Å². The molecule has 2 aliphatic rings.